The Balaban J connectivity index is 3.44. The third-order valence-electron chi connectivity index (χ3n) is 1.72. The van der Waals surface area contributed by atoms with E-state index in [0.29, 0.717) is 13.0 Å². The van der Waals surface area contributed by atoms with Crippen LogP contribution in [0.5, 0.6) is 0 Å². The molecule has 0 saturated heterocycles. The molecule has 0 aromatic carbocycles. The smallest absolute Gasteiger partial charge is 0.220 e. The molecule has 4 heteroatoms. The van der Waals surface area contributed by atoms with Crippen molar-refractivity contribution in [3.8, 4) is 0 Å². The van der Waals surface area contributed by atoms with Crippen molar-refractivity contribution >= 4 is 11.8 Å². The number of hydrogen-bond donors (Lipinski definition) is 2. The van der Waals surface area contributed by atoms with Gasteiger partial charge in [0, 0.05) is 25.4 Å². The lowest BCUT2D eigenvalue weighted by molar-refractivity contribution is -0.122. The second-order valence-corrected chi connectivity index (χ2v) is 4.74. The van der Waals surface area contributed by atoms with Gasteiger partial charge >= 0.3 is 0 Å². The van der Waals surface area contributed by atoms with Gasteiger partial charge in [0.25, 0.3) is 0 Å². The van der Waals surface area contributed by atoms with E-state index in [2.05, 4.69) is 10.6 Å². The molecule has 2 amide bonds. The highest BCUT2D eigenvalue weighted by Gasteiger charge is 2.12. The molecule has 0 aromatic heterocycles. The first-order chi connectivity index (χ1) is 6.81. The summed E-state index contributed by atoms with van der Waals surface area (Å²) >= 11 is 0. The van der Waals surface area contributed by atoms with Crippen LogP contribution in [0.1, 0.15) is 47.0 Å². The molecule has 0 heterocycles. The van der Waals surface area contributed by atoms with Crippen molar-refractivity contribution in [2.45, 2.75) is 52.5 Å². The zero-order valence-electron chi connectivity index (χ0n) is 10.1. The lowest BCUT2D eigenvalue weighted by atomic mass is 10.1. The van der Waals surface area contributed by atoms with Crippen molar-refractivity contribution in [1.29, 1.82) is 0 Å². The second-order valence-electron chi connectivity index (χ2n) is 4.74. The fraction of sp³-hybridized carbons (Fsp3) is 0.818. The maximum absolute atomic E-state index is 11.4. The Labute approximate surface area is 91.8 Å². The second kappa shape index (κ2) is 6.43. The van der Waals surface area contributed by atoms with E-state index in [1.54, 1.807) is 0 Å². The van der Waals surface area contributed by atoms with E-state index in [0.717, 1.165) is 12.8 Å². The first-order valence-corrected chi connectivity index (χ1v) is 5.37. The molecular weight excluding hydrogens is 192 g/mol. The Hall–Kier alpha value is -1.06. The molecule has 0 aliphatic heterocycles. The normalized spacial score (nSPS) is 10.9. The number of carbonyl (C=O) groups is 2. The summed E-state index contributed by atoms with van der Waals surface area (Å²) in [6.45, 7) is 8.02. The fourth-order valence-electron chi connectivity index (χ4n) is 1.16. The van der Waals surface area contributed by atoms with Crippen LogP contribution in [0.3, 0.4) is 0 Å². The zero-order chi connectivity index (χ0) is 11.9. The van der Waals surface area contributed by atoms with Gasteiger partial charge in [-0.05, 0) is 33.6 Å². The predicted molar refractivity (Wildman–Crippen MR) is 60.4 cm³/mol. The molecule has 0 bridgehead atoms. The van der Waals surface area contributed by atoms with Crippen LogP contribution >= 0.6 is 0 Å². The van der Waals surface area contributed by atoms with Gasteiger partial charge in [-0.3, -0.25) is 9.59 Å². The van der Waals surface area contributed by atoms with Gasteiger partial charge in [0.1, 0.15) is 0 Å². The third-order valence-corrected chi connectivity index (χ3v) is 1.72. The van der Waals surface area contributed by atoms with Crippen molar-refractivity contribution in [2.24, 2.45) is 0 Å². The van der Waals surface area contributed by atoms with Gasteiger partial charge in [0.05, 0.1) is 0 Å². The molecule has 0 aliphatic carbocycles. The summed E-state index contributed by atoms with van der Waals surface area (Å²) < 4.78 is 0. The van der Waals surface area contributed by atoms with E-state index in [1.165, 1.54) is 6.92 Å². The maximum atomic E-state index is 11.4. The molecule has 0 saturated carbocycles. The molecule has 15 heavy (non-hydrogen) atoms. The standard InChI is InChI=1S/C11H22N2O2/c1-9(14)12-8-6-5-7-10(15)13-11(2,3)4/h5-8H2,1-4H3,(H,12,14)(H,13,15). The van der Waals surface area contributed by atoms with E-state index in [4.69, 9.17) is 0 Å². The minimum atomic E-state index is -0.158. The zero-order valence-corrected chi connectivity index (χ0v) is 10.1. The van der Waals surface area contributed by atoms with Crippen LogP contribution < -0.4 is 10.6 Å². The minimum absolute atomic E-state index is 0.0193. The van der Waals surface area contributed by atoms with Crippen LogP contribution in [0, 0.1) is 0 Å². The number of hydrogen-bond acceptors (Lipinski definition) is 2. The molecule has 0 atom stereocenters. The van der Waals surface area contributed by atoms with E-state index in [-0.39, 0.29) is 17.4 Å². The molecule has 0 unspecified atom stereocenters. The average Bonchev–Trinajstić information content (AvgIpc) is 1.99. The van der Waals surface area contributed by atoms with Gasteiger partial charge in [-0.15, -0.1) is 0 Å². The average molecular weight is 214 g/mol. The Bertz CT molecular complexity index is 219. The molecule has 0 spiro atoms. The Kier molecular flexibility index (Phi) is 5.97. The summed E-state index contributed by atoms with van der Waals surface area (Å²) in [4.78, 5) is 21.9. The third kappa shape index (κ3) is 10.9. The number of rotatable bonds is 5. The van der Waals surface area contributed by atoms with Crippen LogP contribution in [-0.4, -0.2) is 23.9 Å². The summed E-state index contributed by atoms with van der Waals surface area (Å²) in [6.07, 6.45) is 2.18. The Morgan fingerprint density at radius 3 is 2.20 bits per heavy atom. The number of unbranched alkanes of at least 4 members (excludes halogenated alkanes) is 1. The number of carbonyl (C=O) groups excluding carboxylic acids is 2. The Morgan fingerprint density at radius 2 is 1.73 bits per heavy atom. The monoisotopic (exact) mass is 214 g/mol. The van der Waals surface area contributed by atoms with E-state index in [1.807, 2.05) is 20.8 Å². The maximum Gasteiger partial charge on any atom is 0.220 e. The minimum Gasteiger partial charge on any atom is -0.356 e. The molecule has 88 valence electrons. The van der Waals surface area contributed by atoms with Crippen LogP contribution in [-0.2, 0) is 9.59 Å². The topological polar surface area (TPSA) is 58.2 Å². The lowest BCUT2D eigenvalue weighted by Crippen LogP contribution is -2.40. The molecular formula is C11H22N2O2. The van der Waals surface area contributed by atoms with Crippen molar-refractivity contribution < 1.29 is 9.59 Å². The lowest BCUT2D eigenvalue weighted by Gasteiger charge is -2.20. The summed E-state index contributed by atoms with van der Waals surface area (Å²) in [5.41, 5.74) is -0.158. The van der Waals surface area contributed by atoms with Crippen molar-refractivity contribution in [1.82, 2.24) is 10.6 Å². The quantitative estimate of drug-likeness (QED) is 0.676. The molecule has 2 N–H and O–H groups in total. The highest BCUT2D eigenvalue weighted by molar-refractivity contribution is 5.76. The first kappa shape index (κ1) is 13.9. The predicted octanol–water partition coefficient (Wildman–Crippen LogP) is 1.21. The van der Waals surface area contributed by atoms with Gasteiger partial charge in [-0.2, -0.15) is 0 Å². The number of amides is 2. The van der Waals surface area contributed by atoms with Gasteiger partial charge in [-0.1, -0.05) is 0 Å². The van der Waals surface area contributed by atoms with E-state index < -0.39 is 0 Å². The molecule has 0 radical (unpaired) electrons. The summed E-state index contributed by atoms with van der Waals surface area (Å²) in [5, 5.41) is 5.59. The summed E-state index contributed by atoms with van der Waals surface area (Å²) in [5.74, 6) is 0.0551. The van der Waals surface area contributed by atoms with Crippen LogP contribution in [0.4, 0.5) is 0 Å². The first-order valence-electron chi connectivity index (χ1n) is 5.37. The van der Waals surface area contributed by atoms with E-state index in [9.17, 15) is 9.59 Å². The van der Waals surface area contributed by atoms with Crippen molar-refractivity contribution in [2.75, 3.05) is 6.54 Å². The number of nitrogens with one attached hydrogen (secondary N) is 2. The van der Waals surface area contributed by atoms with Crippen LogP contribution in [0.25, 0.3) is 0 Å². The molecule has 0 fully saturated rings. The Morgan fingerprint density at radius 1 is 1.13 bits per heavy atom. The summed E-state index contributed by atoms with van der Waals surface area (Å²) in [6, 6.07) is 0. The molecule has 0 rings (SSSR count). The van der Waals surface area contributed by atoms with Gasteiger partial charge in [-0.25, -0.2) is 0 Å². The SMILES string of the molecule is CC(=O)NCCCCC(=O)NC(C)(C)C. The highest BCUT2D eigenvalue weighted by Crippen LogP contribution is 2.01. The highest BCUT2D eigenvalue weighted by atomic mass is 16.2. The van der Waals surface area contributed by atoms with Gasteiger partial charge in [0.15, 0.2) is 0 Å². The molecule has 4 nitrogen and oxygen atoms in total. The molecule has 0 aromatic rings. The van der Waals surface area contributed by atoms with Gasteiger partial charge in [0.2, 0.25) is 11.8 Å². The van der Waals surface area contributed by atoms with Crippen molar-refractivity contribution in [3.63, 3.8) is 0 Å². The van der Waals surface area contributed by atoms with Crippen LogP contribution in [0.2, 0.25) is 0 Å². The van der Waals surface area contributed by atoms with E-state index >= 15 is 0 Å². The van der Waals surface area contributed by atoms with Crippen LogP contribution in [0.15, 0.2) is 0 Å². The summed E-state index contributed by atoms with van der Waals surface area (Å²) in [7, 11) is 0. The van der Waals surface area contributed by atoms with Crippen molar-refractivity contribution in [3.05, 3.63) is 0 Å². The van der Waals surface area contributed by atoms with Gasteiger partial charge < -0.3 is 10.6 Å². The fourth-order valence-corrected chi connectivity index (χ4v) is 1.16. The molecule has 0 aliphatic rings. The largest absolute Gasteiger partial charge is 0.356 e.